The second-order valence-electron chi connectivity index (χ2n) is 5.77. The minimum Gasteiger partial charge on any atom is -0.342 e. The summed E-state index contributed by atoms with van der Waals surface area (Å²) < 4.78 is 38.6. The number of alkyl halides is 3. The van der Waals surface area contributed by atoms with E-state index in [1.807, 2.05) is 6.07 Å². The van der Waals surface area contributed by atoms with Gasteiger partial charge in [-0.1, -0.05) is 0 Å². The number of aryl methyl sites for hydroxylation is 2. The molecule has 0 aliphatic carbocycles. The Morgan fingerprint density at radius 1 is 1.48 bits per heavy atom. The first kappa shape index (κ1) is 17.3. The quantitative estimate of drug-likeness (QED) is 0.905. The summed E-state index contributed by atoms with van der Waals surface area (Å²) in [5.74, 6) is -1.14. The molecule has 2 amide bonds. The molecule has 2 heterocycles. The molecular weight excluding hydrogens is 313 g/mol. The molecule has 1 aromatic heterocycles. The summed E-state index contributed by atoms with van der Waals surface area (Å²) in [7, 11) is 0. The number of aromatic nitrogens is 2. The second kappa shape index (κ2) is 6.21. The van der Waals surface area contributed by atoms with Crippen LogP contribution in [0.5, 0.6) is 0 Å². The van der Waals surface area contributed by atoms with E-state index in [1.165, 1.54) is 4.68 Å². The minimum atomic E-state index is -4.44. The molecule has 1 fully saturated rings. The second-order valence-corrected chi connectivity index (χ2v) is 5.77. The van der Waals surface area contributed by atoms with Gasteiger partial charge in [0.1, 0.15) is 18.6 Å². The van der Waals surface area contributed by atoms with E-state index in [0.717, 1.165) is 16.3 Å². The van der Waals surface area contributed by atoms with Crippen molar-refractivity contribution in [3.63, 3.8) is 0 Å². The van der Waals surface area contributed by atoms with Crippen LogP contribution in [0, 0.1) is 13.8 Å². The van der Waals surface area contributed by atoms with Crippen LogP contribution in [-0.4, -0.2) is 51.8 Å². The molecule has 1 N–H and O–H groups in total. The summed E-state index contributed by atoms with van der Waals surface area (Å²) in [6.07, 6.45) is -4.27. The first-order chi connectivity index (χ1) is 10.6. The lowest BCUT2D eigenvalue weighted by Gasteiger charge is -2.20. The SMILES string of the molecule is Cc1cc(C)n(C(C)C(=O)NC2CCN(CC(F)(F)F)C2=O)n1. The van der Waals surface area contributed by atoms with Gasteiger partial charge in [-0.25, -0.2) is 0 Å². The Labute approximate surface area is 131 Å². The molecule has 0 saturated carbocycles. The predicted molar refractivity (Wildman–Crippen MR) is 75.6 cm³/mol. The predicted octanol–water partition coefficient (Wildman–Crippen LogP) is 1.34. The molecular formula is C14H19F3N4O2. The highest BCUT2D eigenvalue weighted by atomic mass is 19.4. The Morgan fingerprint density at radius 3 is 2.65 bits per heavy atom. The molecule has 2 atom stereocenters. The molecule has 0 radical (unpaired) electrons. The highest BCUT2D eigenvalue weighted by Gasteiger charge is 2.40. The molecule has 1 saturated heterocycles. The van der Waals surface area contributed by atoms with Crippen LogP contribution in [0.1, 0.15) is 30.8 Å². The maximum Gasteiger partial charge on any atom is 0.406 e. The smallest absolute Gasteiger partial charge is 0.342 e. The molecule has 128 valence electrons. The lowest BCUT2D eigenvalue weighted by Crippen LogP contribution is -2.45. The summed E-state index contributed by atoms with van der Waals surface area (Å²) in [6.45, 7) is 3.92. The summed E-state index contributed by atoms with van der Waals surface area (Å²) in [6, 6.07) is 0.257. The monoisotopic (exact) mass is 332 g/mol. The van der Waals surface area contributed by atoms with Crippen molar-refractivity contribution in [3.05, 3.63) is 17.5 Å². The van der Waals surface area contributed by atoms with Gasteiger partial charge in [-0.05, 0) is 33.3 Å². The zero-order chi connectivity index (χ0) is 17.4. The Morgan fingerprint density at radius 2 is 2.13 bits per heavy atom. The van der Waals surface area contributed by atoms with Crippen molar-refractivity contribution in [1.82, 2.24) is 20.0 Å². The standard InChI is InChI=1S/C14H19F3N4O2/c1-8-6-9(2)21(19-8)10(3)12(22)18-11-4-5-20(13(11)23)7-14(15,16)17/h6,10-11H,4-5,7H2,1-3H3,(H,18,22). The van der Waals surface area contributed by atoms with Gasteiger partial charge in [-0.3, -0.25) is 14.3 Å². The number of rotatable bonds is 4. The van der Waals surface area contributed by atoms with Crippen molar-refractivity contribution in [1.29, 1.82) is 0 Å². The number of amides is 2. The van der Waals surface area contributed by atoms with Crippen LogP contribution >= 0.6 is 0 Å². The van der Waals surface area contributed by atoms with E-state index in [4.69, 9.17) is 0 Å². The largest absolute Gasteiger partial charge is 0.406 e. The average Bonchev–Trinajstić information content (AvgIpc) is 2.92. The summed E-state index contributed by atoms with van der Waals surface area (Å²) in [5.41, 5.74) is 1.55. The van der Waals surface area contributed by atoms with Gasteiger partial charge in [0.05, 0.1) is 5.69 Å². The highest BCUT2D eigenvalue weighted by Crippen LogP contribution is 2.21. The molecule has 23 heavy (non-hydrogen) atoms. The first-order valence-corrected chi connectivity index (χ1v) is 7.27. The van der Waals surface area contributed by atoms with Crippen LogP contribution in [0.2, 0.25) is 0 Å². The van der Waals surface area contributed by atoms with E-state index >= 15 is 0 Å². The number of nitrogens with zero attached hydrogens (tertiary/aromatic N) is 3. The lowest BCUT2D eigenvalue weighted by molar-refractivity contribution is -0.158. The van der Waals surface area contributed by atoms with Gasteiger partial charge < -0.3 is 10.2 Å². The third-order valence-electron chi connectivity index (χ3n) is 3.78. The Hall–Kier alpha value is -2.06. The van der Waals surface area contributed by atoms with Gasteiger partial charge in [0.15, 0.2) is 0 Å². The Balaban J connectivity index is 1.98. The van der Waals surface area contributed by atoms with E-state index in [9.17, 15) is 22.8 Å². The van der Waals surface area contributed by atoms with Gasteiger partial charge in [0.25, 0.3) is 0 Å². The van der Waals surface area contributed by atoms with E-state index in [1.54, 1.807) is 20.8 Å². The fourth-order valence-corrected chi connectivity index (χ4v) is 2.69. The summed E-state index contributed by atoms with van der Waals surface area (Å²) >= 11 is 0. The van der Waals surface area contributed by atoms with Crippen LogP contribution in [0.3, 0.4) is 0 Å². The van der Waals surface area contributed by atoms with Crippen molar-refractivity contribution >= 4 is 11.8 Å². The minimum absolute atomic E-state index is 0.0163. The number of carbonyl (C=O) groups excluding carboxylic acids is 2. The zero-order valence-corrected chi connectivity index (χ0v) is 13.1. The van der Waals surface area contributed by atoms with E-state index < -0.39 is 36.6 Å². The molecule has 1 aromatic rings. The van der Waals surface area contributed by atoms with Crippen LogP contribution in [0.4, 0.5) is 13.2 Å². The van der Waals surface area contributed by atoms with Crippen LogP contribution in [-0.2, 0) is 9.59 Å². The van der Waals surface area contributed by atoms with Crippen molar-refractivity contribution < 1.29 is 22.8 Å². The fourth-order valence-electron chi connectivity index (χ4n) is 2.69. The molecule has 9 heteroatoms. The third kappa shape index (κ3) is 4.02. The van der Waals surface area contributed by atoms with Gasteiger partial charge in [-0.15, -0.1) is 0 Å². The number of nitrogens with one attached hydrogen (secondary N) is 1. The molecule has 0 bridgehead atoms. The topological polar surface area (TPSA) is 67.2 Å². The van der Waals surface area contributed by atoms with Crippen LogP contribution in [0.25, 0.3) is 0 Å². The summed E-state index contributed by atoms with van der Waals surface area (Å²) in [5, 5.41) is 6.72. The molecule has 1 aliphatic rings. The lowest BCUT2D eigenvalue weighted by atomic mass is 10.2. The number of hydrogen-bond donors (Lipinski definition) is 1. The van der Waals surface area contributed by atoms with E-state index in [0.29, 0.717) is 0 Å². The maximum absolute atomic E-state index is 12.4. The van der Waals surface area contributed by atoms with Crippen molar-refractivity contribution in [2.75, 3.05) is 13.1 Å². The van der Waals surface area contributed by atoms with Crippen LogP contribution < -0.4 is 5.32 Å². The fraction of sp³-hybridized carbons (Fsp3) is 0.643. The van der Waals surface area contributed by atoms with Gasteiger partial charge in [-0.2, -0.15) is 18.3 Å². The maximum atomic E-state index is 12.4. The van der Waals surface area contributed by atoms with Gasteiger partial charge in [0, 0.05) is 12.2 Å². The van der Waals surface area contributed by atoms with Crippen molar-refractivity contribution in [3.8, 4) is 0 Å². The van der Waals surface area contributed by atoms with Gasteiger partial charge >= 0.3 is 6.18 Å². The first-order valence-electron chi connectivity index (χ1n) is 7.27. The Kier molecular flexibility index (Phi) is 4.67. The van der Waals surface area contributed by atoms with E-state index in [-0.39, 0.29) is 13.0 Å². The van der Waals surface area contributed by atoms with Crippen molar-refractivity contribution in [2.45, 2.75) is 45.5 Å². The number of carbonyl (C=O) groups is 2. The van der Waals surface area contributed by atoms with E-state index in [2.05, 4.69) is 10.4 Å². The molecule has 0 aromatic carbocycles. The molecule has 6 nitrogen and oxygen atoms in total. The third-order valence-corrected chi connectivity index (χ3v) is 3.78. The highest BCUT2D eigenvalue weighted by molar-refractivity contribution is 5.90. The molecule has 2 rings (SSSR count). The number of hydrogen-bond acceptors (Lipinski definition) is 3. The number of likely N-dealkylation sites (tertiary alicyclic amines) is 1. The number of halogens is 3. The molecule has 2 unspecified atom stereocenters. The Bertz CT molecular complexity index is 612. The normalized spacial score (nSPS) is 20.0. The molecule has 1 aliphatic heterocycles. The van der Waals surface area contributed by atoms with Crippen molar-refractivity contribution in [2.24, 2.45) is 0 Å². The summed E-state index contributed by atoms with van der Waals surface area (Å²) in [4.78, 5) is 24.9. The molecule has 0 spiro atoms. The average molecular weight is 332 g/mol. The van der Waals surface area contributed by atoms with Crippen LogP contribution in [0.15, 0.2) is 6.07 Å². The van der Waals surface area contributed by atoms with Gasteiger partial charge in [0.2, 0.25) is 11.8 Å². The zero-order valence-electron chi connectivity index (χ0n) is 13.1.